The average Bonchev–Trinajstić information content (AvgIpc) is 3.51. The van der Waals surface area contributed by atoms with E-state index < -0.39 is 5.97 Å². The number of aliphatic carboxylic acids is 1. The first kappa shape index (κ1) is 22.5. The highest BCUT2D eigenvalue weighted by atomic mass is 16.5. The molecule has 1 aromatic carbocycles. The summed E-state index contributed by atoms with van der Waals surface area (Å²) >= 11 is 0. The number of hydrogen-bond donors (Lipinski definition) is 2. The molecule has 0 spiro atoms. The van der Waals surface area contributed by atoms with Crippen LogP contribution in [0.25, 0.3) is 22.7 Å². The Bertz CT molecular complexity index is 1310. The number of nitrogens with one attached hydrogen (secondary N) is 1. The van der Waals surface area contributed by atoms with Crippen LogP contribution in [0.3, 0.4) is 0 Å². The number of aryl methyl sites for hydroxylation is 1. The van der Waals surface area contributed by atoms with Crippen molar-refractivity contribution in [3.05, 3.63) is 72.2 Å². The number of rotatable bonds is 8. The van der Waals surface area contributed by atoms with E-state index in [9.17, 15) is 9.90 Å². The molecule has 2 N–H and O–H groups in total. The van der Waals surface area contributed by atoms with Crippen LogP contribution in [0.2, 0.25) is 0 Å². The van der Waals surface area contributed by atoms with Crippen LogP contribution >= 0.6 is 0 Å². The molecule has 1 aliphatic rings. The fourth-order valence-electron chi connectivity index (χ4n) is 4.23. The number of nitrogens with zero attached hydrogens (tertiary/aromatic N) is 4. The van der Waals surface area contributed by atoms with Crippen molar-refractivity contribution >= 4 is 11.9 Å². The van der Waals surface area contributed by atoms with Gasteiger partial charge in [0, 0.05) is 23.9 Å². The third-order valence-electron chi connectivity index (χ3n) is 6.14. The van der Waals surface area contributed by atoms with Gasteiger partial charge >= 0.3 is 5.97 Å². The van der Waals surface area contributed by atoms with Gasteiger partial charge in [-0.3, -0.25) is 4.79 Å². The molecular formula is C26H25N5O4. The summed E-state index contributed by atoms with van der Waals surface area (Å²) in [7, 11) is 0. The normalized spacial score (nSPS) is 17.3. The number of anilines is 1. The van der Waals surface area contributed by atoms with E-state index in [-0.39, 0.29) is 12.0 Å². The molecule has 178 valence electrons. The van der Waals surface area contributed by atoms with Gasteiger partial charge in [-0.05, 0) is 44.4 Å². The number of benzene rings is 1. The van der Waals surface area contributed by atoms with E-state index in [1.54, 1.807) is 12.4 Å². The topological polar surface area (TPSA) is 123 Å². The summed E-state index contributed by atoms with van der Waals surface area (Å²) in [5, 5.41) is 16.5. The lowest BCUT2D eigenvalue weighted by molar-refractivity contribution is -0.141. The van der Waals surface area contributed by atoms with E-state index in [1.807, 2.05) is 55.5 Å². The fourth-order valence-corrected chi connectivity index (χ4v) is 4.23. The summed E-state index contributed by atoms with van der Waals surface area (Å²) in [5.74, 6) is 0.575. The van der Waals surface area contributed by atoms with Crippen molar-refractivity contribution in [1.82, 2.24) is 20.1 Å². The predicted octanol–water partition coefficient (Wildman–Crippen LogP) is 4.75. The van der Waals surface area contributed by atoms with Crippen LogP contribution in [0, 0.1) is 12.8 Å². The molecule has 0 aliphatic heterocycles. The van der Waals surface area contributed by atoms with Crippen molar-refractivity contribution < 1.29 is 19.2 Å². The van der Waals surface area contributed by atoms with Gasteiger partial charge in [0.1, 0.15) is 11.4 Å². The Morgan fingerprint density at radius 1 is 1.11 bits per heavy atom. The minimum absolute atomic E-state index is 0.109. The summed E-state index contributed by atoms with van der Waals surface area (Å²) in [5.41, 5.74) is 4.09. The van der Waals surface area contributed by atoms with Gasteiger partial charge in [-0.15, -0.1) is 0 Å². The molecule has 3 aromatic heterocycles. The maximum atomic E-state index is 11.2. The molecule has 0 bridgehead atoms. The molecule has 35 heavy (non-hydrogen) atoms. The maximum absolute atomic E-state index is 11.2. The quantitative estimate of drug-likeness (QED) is 0.375. The van der Waals surface area contributed by atoms with E-state index in [0.29, 0.717) is 42.5 Å². The van der Waals surface area contributed by atoms with Crippen molar-refractivity contribution in [2.45, 2.75) is 38.8 Å². The third kappa shape index (κ3) is 5.13. The van der Waals surface area contributed by atoms with Crippen LogP contribution in [-0.4, -0.2) is 37.3 Å². The zero-order valence-corrected chi connectivity index (χ0v) is 19.2. The van der Waals surface area contributed by atoms with Crippen LogP contribution < -0.4 is 10.1 Å². The summed E-state index contributed by atoms with van der Waals surface area (Å²) in [6.07, 6.45) is 5.12. The van der Waals surface area contributed by atoms with E-state index in [1.165, 1.54) is 0 Å². The first-order valence-electron chi connectivity index (χ1n) is 11.5. The molecule has 0 unspecified atom stereocenters. The second kappa shape index (κ2) is 9.92. The number of ether oxygens (including phenoxy) is 1. The molecule has 9 nitrogen and oxygen atoms in total. The highest BCUT2D eigenvalue weighted by molar-refractivity contribution is 5.70. The molecule has 0 saturated heterocycles. The average molecular weight is 472 g/mol. The highest BCUT2D eigenvalue weighted by Crippen LogP contribution is 2.31. The molecular weight excluding hydrogens is 446 g/mol. The van der Waals surface area contributed by atoms with Crippen molar-refractivity contribution in [1.29, 1.82) is 0 Å². The monoisotopic (exact) mass is 471 g/mol. The van der Waals surface area contributed by atoms with Gasteiger partial charge < -0.3 is 19.7 Å². The van der Waals surface area contributed by atoms with Gasteiger partial charge in [-0.1, -0.05) is 35.5 Å². The second-order valence-corrected chi connectivity index (χ2v) is 8.53. The van der Waals surface area contributed by atoms with Gasteiger partial charge in [0.2, 0.25) is 5.95 Å². The van der Waals surface area contributed by atoms with Crippen molar-refractivity contribution in [3.63, 3.8) is 0 Å². The van der Waals surface area contributed by atoms with E-state index in [0.717, 1.165) is 28.9 Å². The van der Waals surface area contributed by atoms with Gasteiger partial charge in [-0.25, -0.2) is 15.0 Å². The molecule has 1 aliphatic carbocycles. The Balaban J connectivity index is 1.26. The van der Waals surface area contributed by atoms with Crippen molar-refractivity contribution in [3.8, 4) is 28.5 Å². The molecule has 1 fully saturated rings. The van der Waals surface area contributed by atoms with Gasteiger partial charge in [0.25, 0.3) is 0 Å². The second-order valence-electron chi connectivity index (χ2n) is 8.53. The maximum Gasteiger partial charge on any atom is 0.306 e. The van der Waals surface area contributed by atoms with Crippen LogP contribution in [0.5, 0.6) is 5.75 Å². The lowest BCUT2D eigenvalue weighted by atomic mass is 10.1. The largest absolute Gasteiger partial charge is 0.489 e. The number of carbonyl (C=O) groups is 1. The summed E-state index contributed by atoms with van der Waals surface area (Å²) in [6, 6.07) is 15.4. The highest BCUT2D eigenvalue weighted by Gasteiger charge is 2.31. The standard InChI is InChI=1S/C26H25N5O4/c1-16-21(15-29-26-27-12-11-22(30-26)17-5-3-2-4-6-17)24(35-31-16)23-10-9-20(14-28-23)34-19-8-7-18(13-19)25(32)33/h2-6,9-12,14,18-19H,7-8,13,15H2,1H3,(H,32,33)(H,27,29,30)/t18-,19-/m0/s1. The first-order valence-corrected chi connectivity index (χ1v) is 11.5. The number of hydrogen-bond acceptors (Lipinski definition) is 8. The first-order chi connectivity index (χ1) is 17.1. The summed E-state index contributed by atoms with van der Waals surface area (Å²) in [6.45, 7) is 2.29. The van der Waals surface area contributed by atoms with Crippen molar-refractivity contribution in [2.24, 2.45) is 5.92 Å². The molecule has 0 amide bonds. The lowest BCUT2D eigenvalue weighted by Gasteiger charge is -2.13. The number of carboxylic acids is 1. The number of aromatic nitrogens is 4. The Kier molecular flexibility index (Phi) is 6.38. The SMILES string of the molecule is Cc1noc(-c2ccc(O[C@H]3CC[C@H](C(=O)O)C3)cn2)c1CNc1nccc(-c2ccccc2)n1. The van der Waals surface area contributed by atoms with Crippen molar-refractivity contribution in [2.75, 3.05) is 5.32 Å². The minimum atomic E-state index is -0.761. The van der Waals surface area contributed by atoms with Crippen LogP contribution in [0.15, 0.2) is 65.4 Å². The predicted molar refractivity (Wildman–Crippen MR) is 129 cm³/mol. The summed E-state index contributed by atoms with van der Waals surface area (Å²) < 4.78 is 11.5. The Hall–Kier alpha value is -4.27. The van der Waals surface area contributed by atoms with Gasteiger partial charge in [0.05, 0.1) is 29.6 Å². The smallest absolute Gasteiger partial charge is 0.306 e. The minimum Gasteiger partial charge on any atom is -0.489 e. The Morgan fingerprint density at radius 2 is 1.97 bits per heavy atom. The van der Waals surface area contributed by atoms with E-state index in [4.69, 9.17) is 9.26 Å². The summed E-state index contributed by atoms with van der Waals surface area (Å²) in [4.78, 5) is 24.6. The fraction of sp³-hybridized carbons (Fsp3) is 0.269. The molecule has 0 radical (unpaired) electrons. The van der Waals surface area contributed by atoms with E-state index >= 15 is 0 Å². The molecule has 5 rings (SSSR count). The van der Waals surface area contributed by atoms with Crippen LogP contribution in [0.4, 0.5) is 5.95 Å². The zero-order valence-electron chi connectivity index (χ0n) is 19.2. The molecule has 9 heteroatoms. The lowest BCUT2D eigenvalue weighted by Crippen LogP contribution is -2.15. The molecule has 1 saturated carbocycles. The van der Waals surface area contributed by atoms with E-state index in [2.05, 4.69) is 25.4 Å². The number of carboxylic acid groups (broad SMARTS) is 1. The number of pyridine rings is 1. The van der Waals surface area contributed by atoms with Gasteiger partial charge in [-0.2, -0.15) is 0 Å². The van der Waals surface area contributed by atoms with Crippen LogP contribution in [0.1, 0.15) is 30.5 Å². The molecule has 2 atom stereocenters. The molecule has 4 aromatic rings. The third-order valence-corrected chi connectivity index (χ3v) is 6.14. The Morgan fingerprint density at radius 3 is 2.71 bits per heavy atom. The molecule has 3 heterocycles. The Labute approximate surface area is 202 Å². The zero-order chi connectivity index (χ0) is 24.2. The van der Waals surface area contributed by atoms with Gasteiger partial charge in [0.15, 0.2) is 5.76 Å². The van der Waals surface area contributed by atoms with Crippen LogP contribution in [-0.2, 0) is 11.3 Å².